The SMILES string of the molecule is Cn1nc2c(c1N)C(C)(C)CCC2. The fourth-order valence-electron chi connectivity index (χ4n) is 2.33. The van der Waals surface area contributed by atoms with E-state index in [-0.39, 0.29) is 5.41 Å². The zero-order valence-electron chi connectivity index (χ0n) is 8.59. The Hall–Kier alpha value is -0.990. The van der Waals surface area contributed by atoms with Crippen LogP contribution in [0.5, 0.6) is 0 Å². The van der Waals surface area contributed by atoms with Crippen molar-refractivity contribution in [2.45, 2.75) is 38.5 Å². The van der Waals surface area contributed by atoms with Crippen molar-refractivity contribution in [3.63, 3.8) is 0 Å². The highest BCUT2D eigenvalue weighted by atomic mass is 15.3. The van der Waals surface area contributed by atoms with Crippen molar-refractivity contribution in [2.24, 2.45) is 7.05 Å². The summed E-state index contributed by atoms with van der Waals surface area (Å²) in [6.07, 6.45) is 3.54. The lowest BCUT2D eigenvalue weighted by molar-refractivity contribution is 0.432. The molecule has 3 nitrogen and oxygen atoms in total. The number of nitrogens with zero attached hydrogens (tertiary/aromatic N) is 2. The van der Waals surface area contributed by atoms with Crippen molar-refractivity contribution >= 4 is 5.82 Å². The topological polar surface area (TPSA) is 43.8 Å². The number of nitrogen functional groups attached to an aromatic ring is 1. The molecule has 2 rings (SSSR count). The molecular weight excluding hydrogens is 162 g/mol. The van der Waals surface area contributed by atoms with Gasteiger partial charge in [-0.25, -0.2) is 0 Å². The summed E-state index contributed by atoms with van der Waals surface area (Å²) < 4.78 is 1.80. The minimum atomic E-state index is 0.214. The van der Waals surface area contributed by atoms with Gasteiger partial charge in [-0.2, -0.15) is 5.10 Å². The molecule has 2 N–H and O–H groups in total. The summed E-state index contributed by atoms with van der Waals surface area (Å²) in [4.78, 5) is 0. The summed E-state index contributed by atoms with van der Waals surface area (Å²) in [6, 6.07) is 0. The molecule has 0 unspecified atom stereocenters. The van der Waals surface area contributed by atoms with Gasteiger partial charge in [0.05, 0.1) is 5.69 Å². The zero-order valence-corrected chi connectivity index (χ0v) is 8.59. The lowest BCUT2D eigenvalue weighted by Gasteiger charge is -2.29. The second-order valence-corrected chi connectivity index (χ2v) is 4.57. The van der Waals surface area contributed by atoms with E-state index in [1.807, 2.05) is 7.05 Å². The van der Waals surface area contributed by atoms with Crippen molar-refractivity contribution < 1.29 is 0 Å². The van der Waals surface area contributed by atoms with Gasteiger partial charge in [0.1, 0.15) is 5.82 Å². The standard InChI is InChI=1S/C10H17N3/c1-10(2)6-4-5-7-8(10)9(11)13(3)12-7/h4-6,11H2,1-3H3. The van der Waals surface area contributed by atoms with Crippen LogP contribution in [0.2, 0.25) is 0 Å². The highest BCUT2D eigenvalue weighted by Gasteiger charge is 2.32. The normalized spacial score (nSPS) is 19.9. The highest BCUT2D eigenvalue weighted by molar-refractivity contribution is 5.49. The smallest absolute Gasteiger partial charge is 0.125 e. The van der Waals surface area contributed by atoms with Crippen LogP contribution in [0.25, 0.3) is 0 Å². The predicted octanol–water partition coefficient (Wildman–Crippen LogP) is 1.62. The first-order valence-electron chi connectivity index (χ1n) is 4.84. The summed E-state index contributed by atoms with van der Waals surface area (Å²) >= 11 is 0. The van der Waals surface area contributed by atoms with E-state index in [0.717, 1.165) is 12.2 Å². The number of rotatable bonds is 0. The number of fused-ring (bicyclic) bond motifs is 1. The molecular formula is C10H17N3. The van der Waals surface area contributed by atoms with Crippen LogP contribution < -0.4 is 5.73 Å². The Labute approximate surface area is 78.9 Å². The van der Waals surface area contributed by atoms with Gasteiger partial charge in [-0.1, -0.05) is 13.8 Å². The third-order valence-electron chi connectivity index (χ3n) is 3.06. The molecule has 0 amide bonds. The summed E-state index contributed by atoms with van der Waals surface area (Å²) in [5.41, 5.74) is 8.70. The average Bonchev–Trinajstić information content (AvgIpc) is 2.28. The minimum absolute atomic E-state index is 0.214. The van der Waals surface area contributed by atoms with Gasteiger partial charge in [0.2, 0.25) is 0 Å². The van der Waals surface area contributed by atoms with Crippen LogP contribution in [0.15, 0.2) is 0 Å². The van der Waals surface area contributed by atoms with Crippen molar-refractivity contribution in [3.8, 4) is 0 Å². The van der Waals surface area contributed by atoms with Crippen LogP contribution in [-0.4, -0.2) is 9.78 Å². The van der Waals surface area contributed by atoms with E-state index in [1.165, 1.54) is 24.1 Å². The number of aryl methyl sites for hydroxylation is 2. The van der Waals surface area contributed by atoms with Gasteiger partial charge in [-0.3, -0.25) is 4.68 Å². The first-order chi connectivity index (χ1) is 6.02. The predicted molar refractivity (Wildman–Crippen MR) is 53.6 cm³/mol. The largest absolute Gasteiger partial charge is 0.384 e. The first kappa shape index (κ1) is 8.60. The van der Waals surface area contributed by atoms with Crippen molar-refractivity contribution in [1.82, 2.24) is 9.78 Å². The average molecular weight is 179 g/mol. The van der Waals surface area contributed by atoms with E-state index >= 15 is 0 Å². The number of hydrogen-bond acceptors (Lipinski definition) is 2. The Morgan fingerprint density at radius 2 is 2.15 bits per heavy atom. The number of aromatic nitrogens is 2. The van der Waals surface area contributed by atoms with Crippen LogP contribution in [0, 0.1) is 0 Å². The van der Waals surface area contributed by atoms with Crippen molar-refractivity contribution in [2.75, 3.05) is 5.73 Å². The van der Waals surface area contributed by atoms with E-state index in [4.69, 9.17) is 5.73 Å². The minimum Gasteiger partial charge on any atom is -0.384 e. The summed E-state index contributed by atoms with van der Waals surface area (Å²) in [5, 5.41) is 4.44. The Morgan fingerprint density at radius 3 is 2.77 bits per heavy atom. The van der Waals surface area contributed by atoms with E-state index in [0.29, 0.717) is 0 Å². The lowest BCUT2D eigenvalue weighted by Crippen LogP contribution is -2.24. The van der Waals surface area contributed by atoms with E-state index in [1.54, 1.807) is 4.68 Å². The van der Waals surface area contributed by atoms with Crippen molar-refractivity contribution in [3.05, 3.63) is 11.3 Å². The maximum atomic E-state index is 6.00. The fourth-order valence-corrected chi connectivity index (χ4v) is 2.33. The maximum Gasteiger partial charge on any atom is 0.125 e. The van der Waals surface area contributed by atoms with Crippen molar-refractivity contribution in [1.29, 1.82) is 0 Å². The Bertz CT molecular complexity index is 336. The zero-order chi connectivity index (χ0) is 9.64. The number of hydrogen-bond donors (Lipinski definition) is 1. The first-order valence-corrected chi connectivity index (χ1v) is 4.84. The van der Waals surface area contributed by atoms with Crippen LogP contribution in [0.4, 0.5) is 5.82 Å². The summed E-state index contributed by atoms with van der Waals surface area (Å²) in [7, 11) is 1.92. The van der Waals surface area contributed by atoms with E-state index in [2.05, 4.69) is 18.9 Å². The molecule has 1 aromatic rings. The molecule has 1 aliphatic rings. The molecule has 0 saturated heterocycles. The molecule has 0 aliphatic heterocycles. The molecule has 0 atom stereocenters. The lowest BCUT2D eigenvalue weighted by atomic mass is 9.75. The second kappa shape index (κ2) is 2.50. The molecule has 0 spiro atoms. The third kappa shape index (κ3) is 1.14. The molecule has 3 heteroatoms. The molecule has 0 radical (unpaired) electrons. The quantitative estimate of drug-likeness (QED) is 0.657. The van der Waals surface area contributed by atoms with Gasteiger partial charge in [0, 0.05) is 12.6 Å². The van der Waals surface area contributed by atoms with Crippen LogP contribution in [0.3, 0.4) is 0 Å². The van der Waals surface area contributed by atoms with Crippen LogP contribution in [0.1, 0.15) is 37.9 Å². The van der Waals surface area contributed by atoms with E-state index < -0.39 is 0 Å². The fraction of sp³-hybridized carbons (Fsp3) is 0.700. The van der Waals surface area contributed by atoms with Gasteiger partial charge in [0.15, 0.2) is 0 Å². The van der Waals surface area contributed by atoms with Gasteiger partial charge >= 0.3 is 0 Å². The molecule has 1 aromatic heterocycles. The molecule has 0 bridgehead atoms. The Kier molecular flexibility index (Phi) is 1.65. The monoisotopic (exact) mass is 179 g/mol. The summed E-state index contributed by atoms with van der Waals surface area (Å²) in [5.74, 6) is 0.847. The van der Waals surface area contributed by atoms with Gasteiger partial charge in [-0.15, -0.1) is 0 Å². The maximum absolute atomic E-state index is 6.00. The Balaban J connectivity index is 2.61. The molecule has 13 heavy (non-hydrogen) atoms. The molecule has 0 aromatic carbocycles. The molecule has 1 heterocycles. The molecule has 72 valence electrons. The van der Waals surface area contributed by atoms with Crippen LogP contribution >= 0.6 is 0 Å². The number of anilines is 1. The molecule has 1 aliphatic carbocycles. The van der Waals surface area contributed by atoms with Crippen LogP contribution in [-0.2, 0) is 18.9 Å². The third-order valence-corrected chi connectivity index (χ3v) is 3.06. The number of nitrogens with two attached hydrogens (primary N) is 1. The van der Waals surface area contributed by atoms with Gasteiger partial charge in [-0.05, 0) is 24.7 Å². The molecule has 0 fully saturated rings. The summed E-state index contributed by atoms with van der Waals surface area (Å²) in [6.45, 7) is 4.51. The second-order valence-electron chi connectivity index (χ2n) is 4.57. The van der Waals surface area contributed by atoms with Gasteiger partial charge < -0.3 is 5.73 Å². The van der Waals surface area contributed by atoms with E-state index in [9.17, 15) is 0 Å². The highest BCUT2D eigenvalue weighted by Crippen LogP contribution is 2.39. The molecule has 0 saturated carbocycles. The Morgan fingerprint density at radius 1 is 1.46 bits per heavy atom. The van der Waals surface area contributed by atoms with Gasteiger partial charge in [0.25, 0.3) is 0 Å².